The molecule has 1 aliphatic carbocycles. The first kappa shape index (κ1) is 20.5. The van der Waals surface area contributed by atoms with E-state index in [0.29, 0.717) is 24.9 Å². The number of hydrogen-bond donors (Lipinski definition) is 2. The van der Waals surface area contributed by atoms with Crippen LogP contribution in [0.4, 0.5) is 9.59 Å². The normalized spacial score (nSPS) is 23.0. The van der Waals surface area contributed by atoms with Crippen LogP contribution in [-0.2, 0) is 11.2 Å². The van der Waals surface area contributed by atoms with E-state index in [1.165, 1.54) is 18.1 Å². The number of H-pyrrole nitrogens is 1. The van der Waals surface area contributed by atoms with Crippen LogP contribution in [0.25, 0.3) is 10.9 Å². The summed E-state index contributed by atoms with van der Waals surface area (Å²) >= 11 is 0. The summed E-state index contributed by atoms with van der Waals surface area (Å²) in [5.41, 5.74) is 3.40. The van der Waals surface area contributed by atoms with Crippen LogP contribution >= 0.6 is 0 Å². The molecule has 2 aliphatic rings. The van der Waals surface area contributed by atoms with Crippen LogP contribution in [0.3, 0.4) is 0 Å². The first-order valence-corrected chi connectivity index (χ1v) is 10.6. The molecule has 2 aromatic rings. The molecule has 1 aliphatic heterocycles. The Hall–Kier alpha value is -2.74. The van der Waals surface area contributed by atoms with E-state index < -0.39 is 6.16 Å². The molecule has 2 N–H and O–H groups in total. The number of nitrogens with one attached hydrogen (secondary N) is 2. The Morgan fingerprint density at radius 3 is 2.77 bits per heavy atom. The smallest absolute Gasteiger partial charge is 0.437 e. The standard InChI is InChI=1S/C22H30N4O4/c1-5-26(6-2)21(27)24-14-8-16-17-9-15(30-22(28)29-4)10-18-20(17)13(11-23-18)7-19(16)25(3)12-14/h9-11,14,16,19,23H,5-8,12H2,1-4H3,(H,24,27)/t14-,16?,19+/m0/s1. The topological polar surface area (TPSA) is 86.9 Å². The van der Waals surface area contributed by atoms with Crippen LogP contribution in [0.5, 0.6) is 5.75 Å². The molecule has 8 heteroatoms. The number of benzene rings is 1. The number of carbonyl (C=O) groups excluding carboxylic acids is 2. The Labute approximate surface area is 176 Å². The molecule has 30 heavy (non-hydrogen) atoms. The summed E-state index contributed by atoms with van der Waals surface area (Å²) < 4.78 is 9.99. The van der Waals surface area contributed by atoms with Crippen molar-refractivity contribution in [3.63, 3.8) is 0 Å². The lowest BCUT2D eigenvalue weighted by atomic mass is 9.74. The molecule has 3 atom stereocenters. The molecule has 0 bridgehead atoms. The van der Waals surface area contributed by atoms with Gasteiger partial charge in [-0.3, -0.25) is 0 Å². The second-order valence-corrected chi connectivity index (χ2v) is 8.18. The zero-order valence-corrected chi connectivity index (χ0v) is 18.0. The molecular weight excluding hydrogens is 384 g/mol. The van der Waals surface area contributed by atoms with Crippen molar-refractivity contribution in [2.75, 3.05) is 33.8 Å². The molecule has 1 aromatic heterocycles. The number of aromatic amines is 1. The van der Waals surface area contributed by atoms with Gasteiger partial charge in [-0.1, -0.05) is 0 Å². The number of nitrogens with zero attached hydrogens (tertiary/aromatic N) is 2. The van der Waals surface area contributed by atoms with Crippen molar-refractivity contribution >= 4 is 23.1 Å². The van der Waals surface area contributed by atoms with Gasteiger partial charge in [0.15, 0.2) is 0 Å². The third kappa shape index (κ3) is 3.60. The fraction of sp³-hybridized carbons (Fsp3) is 0.545. The fourth-order valence-corrected chi connectivity index (χ4v) is 5.06. The zero-order valence-electron chi connectivity index (χ0n) is 18.0. The molecule has 2 amide bonds. The Bertz CT molecular complexity index is 952. The van der Waals surface area contributed by atoms with Gasteiger partial charge in [-0.05, 0) is 50.9 Å². The van der Waals surface area contributed by atoms with E-state index in [1.54, 1.807) is 4.90 Å². The van der Waals surface area contributed by atoms with Gasteiger partial charge in [-0.25, -0.2) is 9.59 Å². The molecular formula is C22H30N4O4. The maximum Gasteiger partial charge on any atom is 0.513 e. The first-order chi connectivity index (χ1) is 14.4. The summed E-state index contributed by atoms with van der Waals surface area (Å²) in [6, 6.07) is 4.18. The maximum absolute atomic E-state index is 12.6. The van der Waals surface area contributed by atoms with Gasteiger partial charge in [-0.15, -0.1) is 0 Å². The molecule has 0 spiro atoms. The molecule has 1 unspecified atom stereocenters. The predicted octanol–water partition coefficient (Wildman–Crippen LogP) is 3.08. The highest BCUT2D eigenvalue weighted by atomic mass is 16.7. The fourth-order valence-electron chi connectivity index (χ4n) is 5.06. The van der Waals surface area contributed by atoms with Crippen LogP contribution in [-0.4, -0.2) is 72.8 Å². The SMILES string of the molecule is CCN(CC)C(=O)N[C@H]1CC2c3cc(OC(=O)OC)cc4[nH]cc(c34)C[C@H]2N(C)C1. The van der Waals surface area contributed by atoms with Crippen molar-refractivity contribution in [1.29, 1.82) is 0 Å². The quantitative estimate of drug-likeness (QED) is 0.593. The molecule has 1 aromatic carbocycles. The van der Waals surface area contributed by atoms with Crippen LogP contribution in [0, 0.1) is 0 Å². The van der Waals surface area contributed by atoms with Crippen LogP contribution in [0.15, 0.2) is 18.3 Å². The van der Waals surface area contributed by atoms with Crippen molar-refractivity contribution < 1.29 is 19.1 Å². The minimum Gasteiger partial charge on any atom is -0.437 e. The first-order valence-electron chi connectivity index (χ1n) is 10.6. The highest BCUT2D eigenvalue weighted by molar-refractivity contribution is 5.90. The Morgan fingerprint density at radius 2 is 2.07 bits per heavy atom. The van der Waals surface area contributed by atoms with Crippen molar-refractivity contribution in [2.24, 2.45) is 0 Å². The van der Waals surface area contributed by atoms with Gasteiger partial charge in [-0.2, -0.15) is 0 Å². The highest BCUT2D eigenvalue weighted by Gasteiger charge is 2.40. The van der Waals surface area contributed by atoms with Gasteiger partial charge in [0.2, 0.25) is 0 Å². The lowest BCUT2D eigenvalue weighted by Crippen LogP contribution is -2.56. The number of urea groups is 1. The molecule has 162 valence electrons. The van der Waals surface area contributed by atoms with Crippen LogP contribution in [0.2, 0.25) is 0 Å². The van der Waals surface area contributed by atoms with Crippen molar-refractivity contribution in [2.45, 2.75) is 44.7 Å². The summed E-state index contributed by atoms with van der Waals surface area (Å²) in [7, 11) is 3.42. The average Bonchev–Trinajstić information content (AvgIpc) is 3.13. The van der Waals surface area contributed by atoms with Gasteiger partial charge in [0.25, 0.3) is 0 Å². The van der Waals surface area contributed by atoms with E-state index in [-0.39, 0.29) is 18.0 Å². The second kappa shape index (κ2) is 8.18. The van der Waals surface area contributed by atoms with E-state index in [2.05, 4.69) is 27.0 Å². The molecule has 1 saturated heterocycles. The number of likely N-dealkylation sites (N-methyl/N-ethyl adjacent to an activating group) is 1. The third-order valence-corrected chi connectivity index (χ3v) is 6.52. The number of piperidine rings is 1. The number of likely N-dealkylation sites (tertiary alicyclic amines) is 1. The summed E-state index contributed by atoms with van der Waals surface area (Å²) in [6.45, 7) is 6.18. The average molecular weight is 415 g/mol. The molecule has 0 saturated carbocycles. The van der Waals surface area contributed by atoms with E-state index >= 15 is 0 Å². The largest absolute Gasteiger partial charge is 0.513 e. The van der Waals surface area contributed by atoms with Crippen molar-refractivity contribution in [3.8, 4) is 5.75 Å². The van der Waals surface area contributed by atoms with Crippen LogP contribution in [0.1, 0.15) is 37.3 Å². The van der Waals surface area contributed by atoms with Crippen molar-refractivity contribution in [1.82, 2.24) is 20.1 Å². The van der Waals surface area contributed by atoms with E-state index in [1.807, 2.05) is 32.2 Å². The number of carbonyl (C=O) groups is 2. The number of hydrogen-bond acceptors (Lipinski definition) is 5. The summed E-state index contributed by atoms with van der Waals surface area (Å²) in [4.78, 5) is 31.7. The predicted molar refractivity (Wildman–Crippen MR) is 114 cm³/mol. The second-order valence-electron chi connectivity index (χ2n) is 8.18. The molecule has 1 fully saturated rings. The molecule has 4 rings (SSSR count). The van der Waals surface area contributed by atoms with E-state index in [0.717, 1.165) is 30.5 Å². The van der Waals surface area contributed by atoms with Gasteiger partial charge < -0.3 is 29.6 Å². The number of methoxy groups -OCH3 is 1. The van der Waals surface area contributed by atoms with Crippen molar-refractivity contribution in [3.05, 3.63) is 29.5 Å². The summed E-state index contributed by atoms with van der Waals surface area (Å²) in [5, 5.41) is 4.43. The third-order valence-electron chi connectivity index (χ3n) is 6.52. The Balaban J connectivity index is 1.65. The minimum atomic E-state index is -0.731. The molecule has 8 nitrogen and oxygen atoms in total. The van der Waals surface area contributed by atoms with Crippen LogP contribution < -0.4 is 10.1 Å². The van der Waals surface area contributed by atoms with E-state index in [9.17, 15) is 9.59 Å². The van der Waals surface area contributed by atoms with Gasteiger partial charge in [0.05, 0.1) is 7.11 Å². The molecule has 2 heterocycles. The minimum absolute atomic E-state index is 0.0112. The molecule has 0 radical (unpaired) electrons. The summed E-state index contributed by atoms with van der Waals surface area (Å²) in [5.74, 6) is 0.702. The maximum atomic E-state index is 12.6. The van der Waals surface area contributed by atoms with Gasteiger partial charge in [0.1, 0.15) is 5.75 Å². The monoisotopic (exact) mass is 414 g/mol. The van der Waals surface area contributed by atoms with Gasteiger partial charge >= 0.3 is 12.2 Å². The summed E-state index contributed by atoms with van der Waals surface area (Å²) in [6.07, 6.45) is 3.13. The number of ether oxygens (including phenoxy) is 2. The lowest BCUT2D eigenvalue weighted by Gasteiger charge is -2.46. The number of rotatable bonds is 4. The Kier molecular flexibility index (Phi) is 5.60. The number of fused-ring (bicyclic) bond motifs is 2. The zero-order chi connectivity index (χ0) is 21.4. The Morgan fingerprint density at radius 1 is 1.30 bits per heavy atom. The van der Waals surface area contributed by atoms with Gasteiger partial charge in [0, 0.05) is 60.8 Å². The van der Waals surface area contributed by atoms with E-state index in [4.69, 9.17) is 4.74 Å². The lowest BCUT2D eigenvalue weighted by molar-refractivity contribution is 0.119. The number of amides is 2. The highest BCUT2D eigenvalue weighted by Crippen LogP contribution is 2.44. The number of aromatic nitrogens is 1.